The Morgan fingerprint density at radius 1 is 0.960 bits per heavy atom. The molecule has 5 heteroatoms. The molecule has 125 valence electrons. The molecule has 0 amide bonds. The van der Waals surface area contributed by atoms with E-state index in [0.717, 1.165) is 43.2 Å². The number of benzene rings is 2. The minimum absolute atomic E-state index is 0.587. The zero-order chi connectivity index (χ0) is 16.9. The van der Waals surface area contributed by atoms with Gasteiger partial charge >= 0.3 is 0 Å². The van der Waals surface area contributed by atoms with Gasteiger partial charge in [0.2, 0.25) is 5.95 Å². The Kier molecular flexibility index (Phi) is 4.57. The van der Waals surface area contributed by atoms with Gasteiger partial charge in [-0.1, -0.05) is 24.3 Å². The van der Waals surface area contributed by atoms with Crippen LogP contribution in [0.5, 0.6) is 0 Å². The molecule has 1 aliphatic heterocycles. The molecule has 0 saturated carbocycles. The van der Waals surface area contributed by atoms with Gasteiger partial charge in [0.05, 0.1) is 18.9 Å². The van der Waals surface area contributed by atoms with E-state index < -0.39 is 0 Å². The van der Waals surface area contributed by atoms with Crippen molar-refractivity contribution in [2.45, 2.75) is 0 Å². The fourth-order valence-electron chi connectivity index (χ4n) is 2.84. The number of ether oxygens (including phenoxy) is 1. The maximum atomic E-state index is 5.40. The van der Waals surface area contributed by atoms with Gasteiger partial charge in [0, 0.05) is 36.2 Å². The number of nitrogens with one attached hydrogen (secondary N) is 1. The van der Waals surface area contributed by atoms with E-state index in [1.54, 1.807) is 6.20 Å². The summed E-state index contributed by atoms with van der Waals surface area (Å²) in [6, 6.07) is 21.0. The highest BCUT2D eigenvalue weighted by Gasteiger charge is 2.11. The summed E-state index contributed by atoms with van der Waals surface area (Å²) in [5.74, 6) is 0.587. The van der Waals surface area contributed by atoms with Gasteiger partial charge in [-0.2, -0.15) is 0 Å². The van der Waals surface area contributed by atoms with Crippen LogP contribution in [0.15, 0.2) is 60.8 Å². The van der Waals surface area contributed by atoms with Crippen LogP contribution in [0.2, 0.25) is 0 Å². The smallest absolute Gasteiger partial charge is 0.227 e. The second kappa shape index (κ2) is 7.32. The number of rotatable bonds is 4. The fraction of sp³-hybridized carbons (Fsp3) is 0.200. The quantitative estimate of drug-likeness (QED) is 0.793. The summed E-state index contributed by atoms with van der Waals surface area (Å²) in [4.78, 5) is 11.2. The highest BCUT2D eigenvalue weighted by molar-refractivity contribution is 5.63. The average Bonchev–Trinajstić information content (AvgIpc) is 2.70. The average molecular weight is 331 g/mol. The van der Waals surface area contributed by atoms with E-state index in [2.05, 4.69) is 50.5 Å². The molecule has 0 aliphatic carbocycles. The third-order valence-corrected chi connectivity index (χ3v) is 4.17. The number of hydrogen-bond donors (Lipinski definition) is 1. The zero-order valence-electron chi connectivity index (χ0n) is 13.9. The summed E-state index contributed by atoms with van der Waals surface area (Å²) in [5.41, 5.74) is 4.11. The topological polar surface area (TPSA) is 50.3 Å². The Morgan fingerprint density at radius 3 is 2.48 bits per heavy atom. The summed E-state index contributed by atoms with van der Waals surface area (Å²) >= 11 is 0. The third kappa shape index (κ3) is 3.78. The zero-order valence-corrected chi connectivity index (χ0v) is 13.9. The molecule has 1 fully saturated rings. The van der Waals surface area contributed by atoms with Gasteiger partial charge in [0.25, 0.3) is 0 Å². The molecule has 0 atom stereocenters. The van der Waals surface area contributed by atoms with Gasteiger partial charge in [-0.05, 0) is 36.4 Å². The van der Waals surface area contributed by atoms with E-state index in [1.165, 1.54) is 5.69 Å². The van der Waals surface area contributed by atoms with Crippen LogP contribution in [0.25, 0.3) is 11.3 Å². The number of morpholine rings is 1. The van der Waals surface area contributed by atoms with Gasteiger partial charge in [0.1, 0.15) is 0 Å². The molecule has 3 aromatic rings. The summed E-state index contributed by atoms with van der Waals surface area (Å²) < 4.78 is 5.40. The van der Waals surface area contributed by atoms with Gasteiger partial charge in [-0.15, -0.1) is 0 Å². The number of aromatic nitrogens is 2. The summed E-state index contributed by atoms with van der Waals surface area (Å²) in [5, 5.41) is 3.27. The first-order chi connectivity index (χ1) is 12.4. The maximum absolute atomic E-state index is 5.40. The Morgan fingerprint density at radius 2 is 1.72 bits per heavy atom. The van der Waals surface area contributed by atoms with Crippen molar-refractivity contribution >= 4 is 17.3 Å². The van der Waals surface area contributed by atoms with Crippen LogP contribution in [0, 0.1) is 6.07 Å². The van der Waals surface area contributed by atoms with Crippen LogP contribution in [0.1, 0.15) is 0 Å². The Bertz CT molecular complexity index is 815. The van der Waals surface area contributed by atoms with Gasteiger partial charge in [-0.3, -0.25) is 0 Å². The lowest BCUT2D eigenvalue weighted by Crippen LogP contribution is -2.36. The van der Waals surface area contributed by atoms with Crippen LogP contribution in [0.3, 0.4) is 0 Å². The molecule has 4 rings (SSSR count). The van der Waals surface area contributed by atoms with E-state index in [1.807, 2.05) is 30.3 Å². The molecule has 1 N–H and O–H groups in total. The fourth-order valence-corrected chi connectivity index (χ4v) is 2.84. The molecule has 2 heterocycles. The van der Waals surface area contributed by atoms with E-state index in [9.17, 15) is 0 Å². The van der Waals surface area contributed by atoms with Crippen molar-refractivity contribution in [3.05, 3.63) is 66.9 Å². The van der Waals surface area contributed by atoms with Crippen molar-refractivity contribution in [1.29, 1.82) is 0 Å². The molecule has 0 bridgehead atoms. The predicted octanol–water partition coefficient (Wildman–Crippen LogP) is 3.52. The van der Waals surface area contributed by atoms with E-state index >= 15 is 0 Å². The molecular weight excluding hydrogens is 312 g/mol. The molecule has 1 aromatic heterocycles. The first kappa shape index (κ1) is 15.6. The first-order valence-electron chi connectivity index (χ1n) is 8.38. The standard InChI is InChI=1S/C20H19N4O/c1-2-4-16(5-3-1)19-10-11-21-20(23-19)22-17-6-8-18(9-7-17)24-12-14-25-15-13-24/h2-11H,12-15H2,(H,21,22,23). The third-order valence-electron chi connectivity index (χ3n) is 4.17. The SMILES string of the molecule is [c]1ccc(-c2ccnc(Nc3ccc(N4CCOCC4)cc3)n2)cc1. The molecule has 5 nitrogen and oxygen atoms in total. The lowest BCUT2D eigenvalue weighted by atomic mass is 10.1. The Balaban J connectivity index is 1.48. The van der Waals surface area contributed by atoms with Crippen LogP contribution in [-0.2, 0) is 4.74 Å². The van der Waals surface area contributed by atoms with E-state index in [4.69, 9.17) is 4.74 Å². The van der Waals surface area contributed by atoms with Crippen molar-refractivity contribution in [3.63, 3.8) is 0 Å². The number of anilines is 3. The molecule has 25 heavy (non-hydrogen) atoms. The second-order valence-corrected chi connectivity index (χ2v) is 5.83. The van der Waals surface area contributed by atoms with Gasteiger partial charge < -0.3 is 15.0 Å². The Labute approximate surface area is 147 Å². The van der Waals surface area contributed by atoms with Crippen LogP contribution >= 0.6 is 0 Å². The Hall–Kier alpha value is -2.92. The van der Waals surface area contributed by atoms with Crippen molar-refractivity contribution < 1.29 is 4.74 Å². The van der Waals surface area contributed by atoms with E-state index in [-0.39, 0.29) is 0 Å². The minimum Gasteiger partial charge on any atom is -0.378 e. The first-order valence-corrected chi connectivity index (χ1v) is 8.38. The summed E-state index contributed by atoms with van der Waals surface area (Å²) in [6.07, 6.45) is 1.77. The number of hydrogen-bond acceptors (Lipinski definition) is 5. The highest BCUT2D eigenvalue weighted by Crippen LogP contribution is 2.22. The van der Waals surface area contributed by atoms with E-state index in [0.29, 0.717) is 5.95 Å². The normalized spacial score (nSPS) is 14.3. The molecule has 1 saturated heterocycles. The monoisotopic (exact) mass is 331 g/mol. The van der Waals surface area contributed by atoms with Gasteiger partial charge in [0.15, 0.2) is 0 Å². The maximum Gasteiger partial charge on any atom is 0.227 e. The van der Waals surface area contributed by atoms with Crippen molar-refractivity contribution in [1.82, 2.24) is 9.97 Å². The van der Waals surface area contributed by atoms with Crippen molar-refractivity contribution in [2.75, 3.05) is 36.5 Å². The molecule has 2 aromatic carbocycles. The van der Waals surface area contributed by atoms with Gasteiger partial charge in [-0.25, -0.2) is 9.97 Å². The second-order valence-electron chi connectivity index (χ2n) is 5.83. The van der Waals surface area contributed by atoms with Crippen LogP contribution in [0.4, 0.5) is 17.3 Å². The predicted molar refractivity (Wildman–Crippen MR) is 99.1 cm³/mol. The lowest BCUT2D eigenvalue weighted by Gasteiger charge is -2.28. The van der Waals surface area contributed by atoms with Crippen molar-refractivity contribution in [3.8, 4) is 11.3 Å². The molecule has 0 spiro atoms. The number of nitrogens with zero attached hydrogens (tertiary/aromatic N) is 3. The minimum atomic E-state index is 0.587. The largest absolute Gasteiger partial charge is 0.378 e. The van der Waals surface area contributed by atoms with Crippen LogP contribution in [-0.4, -0.2) is 36.3 Å². The molecule has 1 radical (unpaired) electrons. The highest BCUT2D eigenvalue weighted by atomic mass is 16.5. The van der Waals surface area contributed by atoms with Crippen molar-refractivity contribution in [2.24, 2.45) is 0 Å². The summed E-state index contributed by atoms with van der Waals surface area (Å²) in [6.45, 7) is 3.45. The molecule has 1 aliphatic rings. The summed E-state index contributed by atoms with van der Waals surface area (Å²) in [7, 11) is 0. The van der Waals surface area contributed by atoms with Crippen LogP contribution < -0.4 is 10.2 Å². The lowest BCUT2D eigenvalue weighted by molar-refractivity contribution is 0.122. The molecular formula is C20H19N4O. The molecule has 0 unspecified atom stereocenters.